The lowest BCUT2D eigenvalue weighted by atomic mass is 9.98. The third-order valence-corrected chi connectivity index (χ3v) is 4.79. The van der Waals surface area contributed by atoms with Gasteiger partial charge in [-0.1, -0.05) is 51.7 Å². The summed E-state index contributed by atoms with van der Waals surface area (Å²) in [7, 11) is 0. The molecule has 5 heteroatoms. The van der Waals surface area contributed by atoms with Gasteiger partial charge in [0.25, 0.3) is 0 Å². The summed E-state index contributed by atoms with van der Waals surface area (Å²) in [6.45, 7) is 4.64. The van der Waals surface area contributed by atoms with Crippen LogP contribution in [0.1, 0.15) is 57.9 Å². The maximum atomic E-state index is 12.2. The van der Waals surface area contributed by atoms with Crippen molar-refractivity contribution in [2.24, 2.45) is 11.7 Å². The third kappa shape index (κ3) is 6.42. The summed E-state index contributed by atoms with van der Waals surface area (Å²) >= 11 is 0. The van der Waals surface area contributed by atoms with Gasteiger partial charge in [-0.15, -0.1) is 12.4 Å². The van der Waals surface area contributed by atoms with Crippen LogP contribution in [0.15, 0.2) is 24.3 Å². The lowest BCUT2D eigenvalue weighted by Crippen LogP contribution is -2.40. The van der Waals surface area contributed by atoms with E-state index < -0.39 is 6.04 Å². The molecular weight excluding hydrogens is 324 g/mol. The van der Waals surface area contributed by atoms with E-state index in [2.05, 4.69) is 5.32 Å². The third-order valence-electron chi connectivity index (χ3n) is 4.79. The summed E-state index contributed by atoms with van der Waals surface area (Å²) in [5.74, 6) is 0.0533. The maximum Gasteiger partial charge on any atom is 0.241 e. The minimum absolute atomic E-state index is 0. The van der Waals surface area contributed by atoms with E-state index in [1.54, 1.807) is 0 Å². The van der Waals surface area contributed by atoms with Crippen LogP contribution in [0, 0.1) is 5.92 Å². The molecule has 4 nitrogen and oxygen atoms in total. The molecule has 0 aliphatic heterocycles. The minimum Gasteiger partial charge on any atom is -0.374 e. The van der Waals surface area contributed by atoms with Crippen molar-refractivity contribution in [2.45, 2.75) is 71.1 Å². The molecule has 2 unspecified atom stereocenters. The monoisotopic (exact) mass is 354 g/mol. The average molecular weight is 355 g/mol. The molecule has 1 fully saturated rings. The number of halogens is 1. The van der Waals surface area contributed by atoms with Crippen LogP contribution < -0.4 is 11.1 Å². The molecule has 1 amide bonds. The highest BCUT2D eigenvalue weighted by Gasteiger charge is 2.19. The Hall–Kier alpha value is -1.10. The number of nitrogens with one attached hydrogen (secondary N) is 1. The van der Waals surface area contributed by atoms with Crippen LogP contribution in [0.3, 0.4) is 0 Å². The van der Waals surface area contributed by atoms with Crippen molar-refractivity contribution in [2.75, 3.05) is 5.32 Å². The molecule has 136 valence electrons. The van der Waals surface area contributed by atoms with Gasteiger partial charge in [0.05, 0.1) is 18.8 Å². The van der Waals surface area contributed by atoms with E-state index in [1.165, 1.54) is 32.1 Å². The Labute approximate surface area is 151 Å². The summed E-state index contributed by atoms with van der Waals surface area (Å²) in [5.41, 5.74) is 7.86. The molecule has 2 rings (SSSR count). The summed E-state index contributed by atoms with van der Waals surface area (Å²) in [5, 5.41) is 2.92. The van der Waals surface area contributed by atoms with Gasteiger partial charge in [-0.25, -0.2) is 0 Å². The maximum absolute atomic E-state index is 12.2. The van der Waals surface area contributed by atoms with E-state index in [9.17, 15) is 4.79 Å². The quantitative estimate of drug-likeness (QED) is 0.768. The second-order valence-electron chi connectivity index (χ2n) is 6.67. The first-order valence-corrected chi connectivity index (χ1v) is 8.87. The molecule has 1 aliphatic carbocycles. The fourth-order valence-corrected chi connectivity index (χ4v) is 2.92. The highest BCUT2D eigenvalue weighted by molar-refractivity contribution is 5.94. The molecule has 1 saturated carbocycles. The van der Waals surface area contributed by atoms with Crippen molar-refractivity contribution in [3.63, 3.8) is 0 Å². The molecule has 1 aliphatic rings. The Bertz CT molecular complexity index is 504. The number of hydrogen-bond acceptors (Lipinski definition) is 3. The number of rotatable bonds is 7. The molecule has 1 aromatic rings. The number of carbonyl (C=O) groups excluding carboxylic acids is 1. The fourth-order valence-electron chi connectivity index (χ4n) is 2.92. The van der Waals surface area contributed by atoms with E-state index >= 15 is 0 Å². The zero-order valence-corrected chi connectivity index (χ0v) is 15.6. The van der Waals surface area contributed by atoms with Crippen LogP contribution in [0.5, 0.6) is 0 Å². The molecule has 2 atom stereocenters. The van der Waals surface area contributed by atoms with E-state index in [0.29, 0.717) is 12.7 Å². The summed E-state index contributed by atoms with van der Waals surface area (Å²) in [6.07, 6.45) is 7.49. The molecule has 0 radical (unpaired) electrons. The topological polar surface area (TPSA) is 64.4 Å². The number of benzene rings is 1. The molecule has 3 N–H and O–H groups in total. The van der Waals surface area contributed by atoms with Gasteiger partial charge < -0.3 is 15.8 Å². The average Bonchev–Trinajstić information content (AvgIpc) is 2.59. The second kappa shape index (κ2) is 10.7. The zero-order chi connectivity index (χ0) is 16.7. The molecule has 0 aromatic heterocycles. The fraction of sp³-hybridized carbons (Fsp3) is 0.632. The predicted molar refractivity (Wildman–Crippen MR) is 101 cm³/mol. The number of ether oxygens (including phenoxy) is 1. The van der Waals surface area contributed by atoms with E-state index in [-0.39, 0.29) is 24.2 Å². The first-order valence-electron chi connectivity index (χ1n) is 8.87. The molecule has 24 heavy (non-hydrogen) atoms. The Kier molecular flexibility index (Phi) is 9.34. The molecule has 0 saturated heterocycles. The van der Waals surface area contributed by atoms with Crippen molar-refractivity contribution in [1.29, 1.82) is 0 Å². The van der Waals surface area contributed by atoms with Crippen LogP contribution in [-0.2, 0) is 16.1 Å². The lowest BCUT2D eigenvalue weighted by molar-refractivity contribution is -0.118. The number of anilines is 1. The van der Waals surface area contributed by atoms with Crippen molar-refractivity contribution in [1.82, 2.24) is 0 Å². The van der Waals surface area contributed by atoms with Crippen LogP contribution >= 0.6 is 12.4 Å². The molecule has 0 heterocycles. The first kappa shape index (κ1) is 20.9. The summed E-state index contributed by atoms with van der Waals surface area (Å²) < 4.78 is 5.99. The predicted octanol–water partition coefficient (Wildman–Crippen LogP) is 4.27. The van der Waals surface area contributed by atoms with Gasteiger partial charge in [-0.2, -0.15) is 0 Å². The van der Waals surface area contributed by atoms with Gasteiger partial charge in [-0.05, 0) is 36.5 Å². The number of carbonyl (C=O) groups is 1. The highest BCUT2D eigenvalue weighted by atomic mass is 35.5. The van der Waals surface area contributed by atoms with E-state index in [4.69, 9.17) is 10.5 Å². The Morgan fingerprint density at radius 3 is 2.71 bits per heavy atom. The smallest absolute Gasteiger partial charge is 0.241 e. The standard InChI is InChI=1S/C19H30N2O2.ClH/c1-3-14(2)18(20)19(22)21-16-9-7-8-15(12-16)13-23-17-10-5-4-6-11-17;/h7-9,12,14,17-18H,3-6,10-11,13,20H2,1-2H3,(H,21,22);1H. The second-order valence-corrected chi connectivity index (χ2v) is 6.67. The van der Waals surface area contributed by atoms with Gasteiger partial charge in [0.1, 0.15) is 0 Å². The number of hydrogen-bond donors (Lipinski definition) is 2. The van der Waals surface area contributed by atoms with Crippen LogP contribution in [0.2, 0.25) is 0 Å². The van der Waals surface area contributed by atoms with Gasteiger partial charge >= 0.3 is 0 Å². The molecule has 0 spiro atoms. The number of nitrogens with two attached hydrogens (primary N) is 1. The Balaban J connectivity index is 0.00000288. The van der Waals surface area contributed by atoms with Crippen LogP contribution in [-0.4, -0.2) is 18.1 Å². The van der Waals surface area contributed by atoms with Gasteiger partial charge in [0.15, 0.2) is 0 Å². The van der Waals surface area contributed by atoms with Gasteiger partial charge in [0.2, 0.25) is 5.91 Å². The van der Waals surface area contributed by atoms with Gasteiger partial charge in [0, 0.05) is 5.69 Å². The van der Waals surface area contributed by atoms with E-state index in [1.807, 2.05) is 38.1 Å². The summed E-state index contributed by atoms with van der Waals surface area (Å²) in [6, 6.07) is 7.38. The van der Waals surface area contributed by atoms with Crippen LogP contribution in [0.25, 0.3) is 0 Å². The zero-order valence-electron chi connectivity index (χ0n) is 14.8. The summed E-state index contributed by atoms with van der Waals surface area (Å²) in [4.78, 5) is 12.2. The van der Waals surface area contributed by atoms with E-state index in [0.717, 1.165) is 17.7 Å². The minimum atomic E-state index is -0.470. The SMILES string of the molecule is CCC(C)C(N)C(=O)Nc1cccc(COC2CCCCC2)c1.Cl. The Morgan fingerprint density at radius 2 is 2.04 bits per heavy atom. The normalized spacial score (nSPS) is 17.6. The van der Waals surface area contributed by atoms with Crippen molar-refractivity contribution in [3.05, 3.63) is 29.8 Å². The van der Waals surface area contributed by atoms with Crippen molar-refractivity contribution in [3.8, 4) is 0 Å². The Morgan fingerprint density at radius 1 is 1.33 bits per heavy atom. The molecule has 0 bridgehead atoms. The van der Waals surface area contributed by atoms with Crippen molar-refractivity contribution >= 4 is 24.0 Å². The lowest BCUT2D eigenvalue weighted by Gasteiger charge is -2.22. The number of amides is 1. The van der Waals surface area contributed by atoms with Crippen molar-refractivity contribution < 1.29 is 9.53 Å². The highest BCUT2D eigenvalue weighted by Crippen LogP contribution is 2.22. The molecule has 1 aromatic carbocycles. The largest absolute Gasteiger partial charge is 0.374 e. The first-order chi connectivity index (χ1) is 11.1. The van der Waals surface area contributed by atoms with Crippen LogP contribution in [0.4, 0.5) is 5.69 Å². The molecular formula is C19H31ClN2O2. The van der Waals surface area contributed by atoms with Gasteiger partial charge in [-0.3, -0.25) is 4.79 Å².